The van der Waals surface area contributed by atoms with Crippen LogP contribution in [-0.4, -0.2) is 36.4 Å². The molecule has 94 valence electrons. The molecule has 1 rings (SSSR count). The first kappa shape index (κ1) is 14.7. The van der Waals surface area contributed by atoms with Gasteiger partial charge >= 0.3 is 5.97 Å². The van der Waals surface area contributed by atoms with Gasteiger partial charge in [0, 0.05) is 17.6 Å². The number of halogens is 2. The van der Waals surface area contributed by atoms with Gasteiger partial charge in [0.15, 0.2) is 0 Å². The van der Waals surface area contributed by atoms with E-state index in [1.807, 2.05) is 25.2 Å². The molecule has 5 heteroatoms. The molecule has 0 fully saturated rings. The number of alkyl halides is 1. The molecule has 3 nitrogen and oxygen atoms in total. The molecule has 1 atom stereocenters. The summed E-state index contributed by atoms with van der Waals surface area (Å²) in [5, 5.41) is 0. The summed E-state index contributed by atoms with van der Waals surface area (Å²) in [7, 11) is 3.36. The normalized spacial score (nSPS) is 12.5. The minimum atomic E-state index is -0.292. The van der Waals surface area contributed by atoms with E-state index in [-0.39, 0.29) is 10.8 Å². The largest absolute Gasteiger partial charge is 0.468 e. The van der Waals surface area contributed by atoms with Gasteiger partial charge in [-0.3, -0.25) is 4.79 Å². The van der Waals surface area contributed by atoms with Gasteiger partial charge in [-0.25, -0.2) is 0 Å². The van der Waals surface area contributed by atoms with Crippen LogP contribution >= 0.6 is 31.9 Å². The van der Waals surface area contributed by atoms with Crippen LogP contribution in [0.1, 0.15) is 5.56 Å². The number of hydrogen-bond donors (Lipinski definition) is 0. The summed E-state index contributed by atoms with van der Waals surface area (Å²) in [6.45, 7) is 1.38. The zero-order valence-electron chi connectivity index (χ0n) is 9.82. The monoisotopic (exact) mass is 363 g/mol. The molecule has 0 saturated carbocycles. The molecule has 0 N–H and O–H groups in total. The SMILES string of the molecule is COC(=O)C(Br)CN(C)Cc1ccccc1Br. The number of carbonyl (C=O) groups excluding carboxylic acids is 1. The lowest BCUT2D eigenvalue weighted by Gasteiger charge is -2.19. The maximum Gasteiger partial charge on any atom is 0.320 e. The van der Waals surface area contributed by atoms with Gasteiger partial charge in [0.1, 0.15) is 4.83 Å². The van der Waals surface area contributed by atoms with Gasteiger partial charge in [-0.15, -0.1) is 0 Å². The van der Waals surface area contributed by atoms with E-state index in [2.05, 4.69) is 47.6 Å². The second kappa shape index (κ2) is 7.13. The number of methoxy groups -OCH3 is 1. The van der Waals surface area contributed by atoms with Crippen LogP contribution in [0.2, 0.25) is 0 Å². The fourth-order valence-electron chi connectivity index (χ4n) is 1.46. The van der Waals surface area contributed by atoms with Crippen molar-refractivity contribution in [2.45, 2.75) is 11.4 Å². The first-order valence-electron chi connectivity index (χ1n) is 5.18. The van der Waals surface area contributed by atoms with E-state index in [0.29, 0.717) is 6.54 Å². The van der Waals surface area contributed by atoms with Crippen molar-refractivity contribution < 1.29 is 9.53 Å². The van der Waals surface area contributed by atoms with Crippen molar-refractivity contribution in [3.05, 3.63) is 34.3 Å². The highest BCUT2D eigenvalue weighted by atomic mass is 79.9. The molecule has 0 radical (unpaired) electrons. The molecule has 0 amide bonds. The summed E-state index contributed by atoms with van der Waals surface area (Å²) in [5.41, 5.74) is 1.19. The topological polar surface area (TPSA) is 29.5 Å². The molecule has 0 saturated heterocycles. The van der Waals surface area contributed by atoms with Crippen LogP contribution in [0.3, 0.4) is 0 Å². The Hall–Kier alpha value is -0.390. The Balaban J connectivity index is 2.53. The average Bonchev–Trinajstić information content (AvgIpc) is 2.31. The minimum absolute atomic E-state index is 0.246. The number of nitrogens with zero attached hydrogens (tertiary/aromatic N) is 1. The van der Waals surface area contributed by atoms with Gasteiger partial charge < -0.3 is 9.64 Å². The van der Waals surface area contributed by atoms with Crippen molar-refractivity contribution in [1.82, 2.24) is 4.90 Å². The van der Waals surface area contributed by atoms with Crippen LogP contribution in [0.5, 0.6) is 0 Å². The Morgan fingerprint density at radius 2 is 2.12 bits per heavy atom. The molecular formula is C12H15Br2NO2. The third-order valence-corrected chi connectivity index (χ3v) is 3.76. The quantitative estimate of drug-likeness (QED) is 0.594. The number of carbonyl (C=O) groups is 1. The third kappa shape index (κ3) is 4.77. The molecule has 0 aromatic heterocycles. The molecule has 17 heavy (non-hydrogen) atoms. The lowest BCUT2D eigenvalue weighted by Crippen LogP contribution is -2.31. The standard InChI is InChI=1S/C12H15Br2NO2/c1-15(8-11(14)12(16)17-2)7-9-5-3-4-6-10(9)13/h3-6,11H,7-8H2,1-2H3. The van der Waals surface area contributed by atoms with Crippen molar-refractivity contribution in [2.24, 2.45) is 0 Å². The molecule has 1 aromatic rings. The predicted molar refractivity (Wildman–Crippen MR) is 75.2 cm³/mol. The highest BCUT2D eigenvalue weighted by Crippen LogP contribution is 2.17. The van der Waals surface area contributed by atoms with Gasteiger partial charge in [-0.1, -0.05) is 50.1 Å². The van der Waals surface area contributed by atoms with Gasteiger partial charge in [0.2, 0.25) is 0 Å². The van der Waals surface area contributed by atoms with Gasteiger partial charge in [-0.05, 0) is 18.7 Å². The van der Waals surface area contributed by atoms with Crippen molar-refractivity contribution in [3.8, 4) is 0 Å². The van der Waals surface area contributed by atoms with Gasteiger partial charge in [-0.2, -0.15) is 0 Å². The fraction of sp³-hybridized carbons (Fsp3) is 0.417. The van der Waals surface area contributed by atoms with E-state index in [4.69, 9.17) is 0 Å². The van der Waals surface area contributed by atoms with Crippen LogP contribution in [0.25, 0.3) is 0 Å². The molecule has 0 spiro atoms. The number of ether oxygens (including phenoxy) is 1. The molecule has 0 bridgehead atoms. The zero-order chi connectivity index (χ0) is 12.8. The Morgan fingerprint density at radius 1 is 1.47 bits per heavy atom. The molecule has 1 aromatic carbocycles. The molecule has 1 unspecified atom stereocenters. The van der Waals surface area contributed by atoms with E-state index in [1.54, 1.807) is 0 Å². The van der Waals surface area contributed by atoms with Crippen LogP contribution < -0.4 is 0 Å². The second-order valence-electron chi connectivity index (χ2n) is 3.78. The fourth-order valence-corrected chi connectivity index (χ4v) is 2.55. The number of hydrogen-bond acceptors (Lipinski definition) is 3. The van der Waals surface area contributed by atoms with Crippen LogP contribution in [0, 0.1) is 0 Å². The van der Waals surface area contributed by atoms with Crippen LogP contribution in [-0.2, 0) is 16.1 Å². The van der Waals surface area contributed by atoms with Gasteiger partial charge in [0.05, 0.1) is 7.11 Å². The summed E-state index contributed by atoms with van der Waals surface area (Å²) in [4.78, 5) is 13.0. The highest BCUT2D eigenvalue weighted by molar-refractivity contribution is 9.10. The van der Waals surface area contributed by atoms with E-state index in [1.165, 1.54) is 12.7 Å². The van der Waals surface area contributed by atoms with Crippen molar-refractivity contribution in [3.63, 3.8) is 0 Å². The zero-order valence-corrected chi connectivity index (χ0v) is 13.0. The first-order valence-corrected chi connectivity index (χ1v) is 6.89. The molecular weight excluding hydrogens is 350 g/mol. The maximum absolute atomic E-state index is 11.3. The minimum Gasteiger partial charge on any atom is -0.468 e. The Morgan fingerprint density at radius 3 is 2.71 bits per heavy atom. The van der Waals surface area contributed by atoms with E-state index in [0.717, 1.165) is 11.0 Å². The summed E-state index contributed by atoms with van der Waals surface area (Å²) in [5.74, 6) is -0.246. The Labute approximate surface area is 118 Å². The van der Waals surface area contributed by atoms with Crippen molar-refractivity contribution in [2.75, 3.05) is 20.7 Å². The summed E-state index contributed by atoms with van der Waals surface area (Å²) in [6.07, 6.45) is 0. The summed E-state index contributed by atoms with van der Waals surface area (Å²) >= 11 is 6.81. The molecule has 0 aliphatic heterocycles. The van der Waals surface area contributed by atoms with Gasteiger partial charge in [0.25, 0.3) is 0 Å². The van der Waals surface area contributed by atoms with Crippen molar-refractivity contribution >= 4 is 37.8 Å². The highest BCUT2D eigenvalue weighted by Gasteiger charge is 2.17. The average molecular weight is 365 g/mol. The van der Waals surface area contributed by atoms with E-state index >= 15 is 0 Å². The lowest BCUT2D eigenvalue weighted by atomic mass is 10.2. The first-order chi connectivity index (χ1) is 8.04. The smallest absolute Gasteiger partial charge is 0.320 e. The number of esters is 1. The molecule has 0 heterocycles. The Kier molecular flexibility index (Phi) is 6.16. The van der Waals surface area contributed by atoms with Crippen LogP contribution in [0.15, 0.2) is 28.7 Å². The number of rotatable bonds is 5. The van der Waals surface area contributed by atoms with Crippen molar-refractivity contribution in [1.29, 1.82) is 0 Å². The lowest BCUT2D eigenvalue weighted by molar-refractivity contribution is -0.140. The molecule has 0 aliphatic rings. The van der Waals surface area contributed by atoms with E-state index < -0.39 is 0 Å². The summed E-state index contributed by atoms with van der Waals surface area (Å²) in [6, 6.07) is 8.05. The summed E-state index contributed by atoms with van der Waals surface area (Å²) < 4.78 is 5.74. The number of benzene rings is 1. The van der Waals surface area contributed by atoms with E-state index in [9.17, 15) is 4.79 Å². The Bertz CT molecular complexity index is 385. The third-order valence-electron chi connectivity index (χ3n) is 2.33. The second-order valence-corrected chi connectivity index (χ2v) is 5.74. The maximum atomic E-state index is 11.3. The molecule has 0 aliphatic carbocycles. The predicted octanol–water partition coefficient (Wildman–Crippen LogP) is 2.82. The van der Waals surface area contributed by atoms with Crippen LogP contribution in [0.4, 0.5) is 0 Å².